The van der Waals surface area contributed by atoms with Crippen LogP contribution in [0.2, 0.25) is 0 Å². The van der Waals surface area contributed by atoms with Gasteiger partial charge >= 0.3 is 17.9 Å². The van der Waals surface area contributed by atoms with E-state index in [0.717, 1.165) is 0 Å². The standard InChI is InChI=1S/C18H24N4O7/c1-10(28-13(4)25)15(7-26-11(2)23)29-16(8-27-12(3)24)22-6-5-14-17(19)20-9-21-18(14)22/h5-6,9-10,15-16H,7-8H2,1-4H3,(H2,19,20,21)/t10-,15+,16+/m0/s1. The first-order valence-electron chi connectivity index (χ1n) is 8.85. The van der Waals surface area contributed by atoms with Gasteiger partial charge in [0.05, 0.1) is 5.39 Å². The van der Waals surface area contributed by atoms with Gasteiger partial charge in [0, 0.05) is 27.0 Å². The lowest BCUT2D eigenvalue weighted by Crippen LogP contribution is -2.38. The number of nitrogen functional groups attached to an aromatic ring is 1. The molecule has 0 radical (unpaired) electrons. The van der Waals surface area contributed by atoms with E-state index in [1.807, 2.05) is 0 Å². The number of nitrogens with zero attached hydrogens (tertiary/aromatic N) is 3. The predicted octanol–water partition coefficient (Wildman–Crippen LogP) is 0.975. The van der Waals surface area contributed by atoms with Gasteiger partial charge < -0.3 is 29.2 Å². The average Bonchev–Trinajstić information content (AvgIpc) is 3.05. The van der Waals surface area contributed by atoms with Crippen molar-refractivity contribution in [3.05, 3.63) is 18.6 Å². The molecular weight excluding hydrogens is 384 g/mol. The van der Waals surface area contributed by atoms with E-state index in [2.05, 4.69) is 9.97 Å². The maximum absolute atomic E-state index is 11.3. The van der Waals surface area contributed by atoms with Crippen LogP contribution in [0.4, 0.5) is 5.82 Å². The molecule has 0 saturated heterocycles. The highest BCUT2D eigenvalue weighted by atomic mass is 16.6. The van der Waals surface area contributed by atoms with Crippen LogP contribution in [-0.4, -0.2) is 57.9 Å². The third-order valence-electron chi connectivity index (χ3n) is 3.94. The second-order valence-electron chi connectivity index (χ2n) is 6.27. The highest BCUT2D eigenvalue weighted by Gasteiger charge is 2.28. The highest BCUT2D eigenvalue weighted by molar-refractivity contribution is 5.86. The normalized spacial score (nSPS) is 14.1. The van der Waals surface area contributed by atoms with Crippen LogP contribution in [-0.2, 0) is 33.3 Å². The summed E-state index contributed by atoms with van der Waals surface area (Å²) in [6.45, 7) is 5.05. The summed E-state index contributed by atoms with van der Waals surface area (Å²) in [4.78, 5) is 42.1. The lowest BCUT2D eigenvalue weighted by atomic mass is 10.2. The molecule has 0 amide bonds. The molecule has 0 aliphatic rings. The Hall–Kier alpha value is -3.21. The minimum Gasteiger partial charge on any atom is -0.463 e. The van der Waals surface area contributed by atoms with Crippen LogP contribution < -0.4 is 5.73 Å². The molecule has 0 saturated carbocycles. The molecule has 0 aliphatic carbocycles. The summed E-state index contributed by atoms with van der Waals surface area (Å²) in [5.41, 5.74) is 6.33. The second-order valence-corrected chi connectivity index (χ2v) is 6.27. The molecule has 11 heteroatoms. The van der Waals surface area contributed by atoms with E-state index in [1.165, 1.54) is 27.1 Å². The van der Waals surface area contributed by atoms with Gasteiger partial charge in [-0.3, -0.25) is 14.4 Å². The van der Waals surface area contributed by atoms with Gasteiger partial charge in [0.15, 0.2) is 6.23 Å². The Bertz CT molecular complexity index is 882. The predicted molar refractivity (Wildman–Crippen MR) is 100 cm³/mol. The molecule has 2 N–H and O–H groups in total. The molecule has 2 heterocycles. The Morgan fingerprint density at radius 1 is 1.07 bits per heavy atom. The fraction of sp³-hybridized carbons (Fsp3) is 0.500. The zero-order chi connectivity index (χ0) is 21.6. The minimum atomic E-state index is -0.857. The quantitative estimate of drug-likeness (QED) is 0.470. The van der Waals surface area contributed by atoms with E-state index in [4.69, 9.17) is 24.7 Å². The first-order valence-corrected chi connectivity index (χ1v) is 8.85. The van der Waals surface area contributed by atoms with Crippen molar-refractivity contribution in [2.24, 2.45) is 0 Å². The Balaban J connectivity index is 2.34. The molecule has 0 fully saturated rings. The van der Waals surface area contributed by atoms with Crippen molar-refractivity contribution < 1.29 is 33.3 Å². The number of nitrogens with two attached hydrogens (primary N) is 1. The lowest BCUT2D eigenvalue weighted by molar-refractivity contribution is -0.179. The van der Waals surface area contributed by atoms with Crippen molar-refractivity contribution in [1.29, 1.82) is 0 Å². The van der Waals surface area contributed by atoms with Crippen LogP contribution in [0.1, 0.15) is 33.9 Å². The van der Waals surface area contributed by atoms with Gasteiger partial charge in [0.25, 0.3) is 0 Å². The third-order valence-corrected chi connectivity index (χ3v) is 3.94. The largest absolute Gasteiger partial charge is 0.463 e. The monoisotopic (exact) mass is 408 g/mol. The van der Waals surface area contributed by atoms with Crippen LogP contribution in [0.25, 0.3) is 11.0 Å². The highest BCUT2D eigenvalue weighted by Crippen LogP contribution is 2.24. The Morgan fingerprint density at radius 3 is 2.34 bits per heavy atom. The first-order chi connectivity index (χ1) is 13.7. The molecular formula is C18H24N4O7. The summed E-state index contributed by atoms with van der Waals surface area (Å²) < 4.78 is 23.0. The van der Waals surface area contributed by atoms with E-state index >= 15 is 0 Å². The number of hydrogen-bond donors (Lipinski definition) is 1. The van der Waals surface area contributed by atoms with Gasteiger partial charge in [0.1, 0.15) is 43.2 Å². The van der Waals surface area contributed by atoms with Crippen LogP contribution in [0.15, 0.2) is 18.6 Å². The molecule has 0 aliphatic heterocycles. The molecule has 3 atom stereocenters. The maximum Gasteiger partial charge on any atom is 0.302 e. The number of ether oxygens (including phenoxy) is 4. The molecule has 2 rings (SSSR count). The summed E-state index contributed by atoms with van der Waals surface area (Å²) in [5.74, 6) is -1.26. The fourth-order valence-electron chi connectivity index (χ4n) is 2.62. The number of anilines is 1. The maximum atomic E-state index is 11.3. The van der Waals surface area contributed by atoms with Crippen molar-refractivity contribution in [2.45, 2.75) is 46.1 Å². The zero-order valence-corrected chi connectivity index (χ0v) is 16.7. The summed E-state index contributed by atoms with van der Waals surface area (Å²) in [6.07, 6.45) is 0.524. The van der Waals surface area contributed by atoms with Crippen LogP contribution in [0, 0.1) is 0 Å². The van der Waals surface area contributed by atoms with E-state index < -0.39 is 36.3 Å². The van der Waals surface area contributed by atoms with E-state index in [1.54, 1.807) is 23.8 Å². The topological polar surface area (TPSA) is 145 Å². The number of carbonyl (C=O) groups is 3. The molecule has 158 valence electrons. The number of rotatable bonds is 9. The van der Waals surface area contributed by atoms with Crippen molar-refractivity contribution in [2.75, 3.05) is 18.9 Å². The molecule has 0 bridgehead atoms. The van der Waals surface area contributed by atoms with Gasteiger partial charge in [-0.05, 0) is 13.0 Å². The van der Waals surface area contributed by atoms with Gasteiger partial charge in [-0.15, -0.1) is 0 Å². The Kier molecular flexibility index (Phi) is 7.48. The molecule has 0 unspecified atom stereocenters. The van der Waals surface area contributed by atoms with Crippen LogP contribution in [0.3, 0.4) is 0 Å². The van der Waals surface area contributed by atoms with Crippen LogP contribution >= 0.6 is 0 Å². The summed E-state index contributed by atoms with van der Waals surface area (Å²) in [5, 5.41) is 0.591. The van der Waals surface area contributed by atoms with Crippen molar-refractivity contribution >= 4 is 34.8 Å². The number of hydrogen-bond acceptors (Lipinski definition) is 10. The third kappa shape index (κ3) is 6.14. The Labute approximate surface area is 167 Å². The smallest absolute Gasteiger partial charge is 0.302 e. The van der Waals surface area contributed by atoms with E-state index in [9.17, 15) is 14.4 Å². The van der Waals surface area contributed by atoms with Gasteiger partial charge in [-0.2, -0.15) is 0 Å². The van der Waals surface area contributed by atoms with E-state index in [-0.39, 0.29) is 19.0 Å². The Morgan fingerprint density at radius 2 is 1.72 bits per heavy atom. The van der Waals surface area contributed by atoms with Crippen molar-refractivity contribution in [3.63, 3.8) is 0 Å². The SMILES string of the molecule is CC(=O)OC[C@@H](O[C@H](COC(C)=O)n1ccc2c(N)ncnc21)[C@H](C)OC(C)=O. The van der Waals surface area contributed by atoms with E-state index in [0.29, 0.717) is 11.0 Å². The fourth-order valence-corrected chi connectivity index (χ4v) is 2.62. The number of esters is 3. The lowest BCUT2D eigenvalue weighted by Gasteiger charge is -2.29. The minimum absolute atomic E-state index is 0.160. The van der Waals surface area contributed by atoms with Crippen LogP contribution in [0.5, 0.6) is 0 Å². The molecule has 0 spiro atoms. The summed E-state index contributed by atoms with van der Waals surface area (Å²) >= 11 is 0. The molecule has 2 aromatic heterocycles. The number of aromatic nitrogens is 3. The molecule has 0 aromatic carbocycles. The first kappa shape index (κ1) is 22.1. The summed E-state index contributed by atoms with van der Waals surface area (Å²) in [6, 6.07) is 1.70. The van der Waals surface area contributed by atoms with Crippen molar-refractivity contribution in [1.82, 2.24) is 14.5 Å². The van der Waals surface area contributed by atoms with Gasteiger partial charge in [-0.25, -0.2) is 9.97 Å². The molecule has 2 aromatic rings. The number of fused-ring (bicyclic) bond motifs is 1. The van der Waals surface area contributed by atoms with Gasteiger partial charge in [-0.1, -0.05) is 0 Å². The van der Waals surface area contributed by atoms with Gasteiger partial charge in [0.2, 0.25) is 0 Å². The summed E-state index contributed by atoms with van der Waals surface area (Å²) in [7, 11) is 0. The molecule has 11 nitrogen and oxygen atoms in total. The molecule has 29 heavy (non-hydrogen) atoms. The average molecular weight is 408 g/mol. The zero-order valence-electron chi connectivity index (χ0n) is 16.7. The second kappa shape index (κ2) is 9.82. The van der Waals surface area contributed by atoms with Crippen molar-refractivity contribution in [3.8, 4) is 0 Å². The number of carbonyl (C=O) groups excluding carboxylic acids is 3.